The SMILES string of the molecule is CCCN(CCC(=O)Nc1ccccc1)S(C)(=O)=O. The minimum atomic E-state index is -3.24. The number of carbonyl (C=O) groups is 1. The number of hydrogen-bond donors (Lipinski definition) is 1. The van der Waals surface area contributed by atoms with Crippen LogP contribution in [0.3, 0.4) is 0 Å². The van der Waals surface area contributed by atoms with Crippen LogP contribution in [0.15, 0.2) is 30.3 Å². The zero-order valence-corrected chi connectivity index (χ0v) is 12.1. The zero-order chi connectivity index (χ0) is 14.3. The van der Waals surface area contributed by atoms with Gasteiger partial charge in [0.15, 0.2) is 0 Å². The van der Waals surface area contributed by atoms with E-state index in [0.29, 0.717) is 12.2 Å². The highest BCUT2D eigenvalue weighted by atomic mass is 32.2. The second-order valence-corrected chi connectivity index (χ2v) is 6.31. The van der Waals surface area contributed by atoms with Crippen molar-refractivity contribution in [3.8, 4) is 0 Å². The summed E-state index contributed by atoms with van der Waals surface area (Å²) in [6.07, 6.45) is 2.05. The molecule has 0 saturated heterocycles. The van der Waals surface area contributed by atoms with Crippen LogP contribution in [0.1, 0.15) is 19.8 Å². The van der Waals surface area contributed by atoms with Gasteiger partial charge in [0.05, 0.1) is 6.26 Å². The smallest absolute Gasteiger partial charge is 0.225 e. The van der Waals surface area contributed by atoms with E-state index in [1.165, 1.54) is 4.31 Å². The highest BCUT2D eigenvalue weighted by Gasteiger charge is 2.16. The predicted octanol–water partition coefficient (Wildman–Crippen LogP) is 1.69. The van der Waals surface area contributed by atoms with E-state index in [-0.39, 0.29) is 18.9 Å². The topological polar surface area (TPSA) is 66.5 Å². The number of carbonyl (C=O) groups excluding carboxylic acids is 1. The fourth-order valence-corrected chi connectivity index (χ4v) is 2.60. The van der Waals surface area contributed by atoms with Gasteiger partial charge in [0, 0.05) is 25.2 Å². The number of anilines is 1. The van der Waals surface area contributed by atoms with E-state index in [0.717, 1.165) is 12.7 Å². The third-order valence-electron chi connectivity index (χ3n) is 2.59. The van der Waals surface area contributed by atoms with Gasteiger partial charge in [-0.1, -0.05) is 25.1 Å². The maximum Gasteiger partial charge on any atom is 0.225 e. The summed E-state index contributed by atoms with van der Waals surface area (Å²) in [6.45, 7) is 2.56. The highest BCUT2D eigenvalue weighted by Crippen LogP contribution is 2.07. The average Bonchev–Trinajstić information content (AvgIpc) is 2.34. The van der Waals surface area contributed by atoms with Gasteiger partial charge < -0.3 is 5.32 Å². The largest absolute Gasteiger partial charge is 0.326 e. The van der Waals surface area contributed by atoms with Crippen LogP contribution in [0.25, 0.3) is 0 Å². The molecule has 0 aliphatic rings. The first-order valence-electron chi connectivity index (χ1n) is 6.23. The molecule has 0 saturated carbocycles. The predicted molar refractivity (Wildman–Crippen MR) is 76.4 cm³/mol. The fourth-order valence-electron chi connectivity index (χ4n) is 1.66. The number of hydrogen-bond acceptors (Lipinski definition) is 3. The number of sulfonamides is 1. The van der Waals surface area contributed by atoms with Crippen molar-refractivity contribution in [2.45, 2.75) is 19.8 Å². The third kappa shape index (κ3) is 5.85. The lowest BCUT2D eigenvalue weighted by Gasteiger charge is -2.18. The Hall–Kier alpha value is -1.40. The van der Waals surface area contributed by atoms with Gasteiger partial charge in [-0.2, -0.15) is 0 Å². The fraction of sp³-hybridized carbons (Fsp3) is 0.462. The summed E-state index contributed by atoms with van der Waals surface area (Å²) in [7, 11) is -3.24. The molecule has 0 spiro atoms. The molecule has 6 heteroatoms. The summed E-state index contributed by atoms with van der Waals surface area (Å²) >= 11 is 0. The quantitative estimate of drug-likeness (QED) is 0.828. The van der Waals surface area contributed by atoms with Crippen LogP contribution in [0.5, 0.6) is 0 Å². The molecular weight excluding hydrogens is 264 g/mol. The molecule has 19 heavy (non-hydrogen) atoms. The van der Waals surface area contributed by atoms with Gasteiger partial charge in [-0.15, -0.1) is 0 Å². The summed E-state index contributed by atoms with van der Waals surface area (Å²) in [5.74, 6) is -0.184. The van der Waals surface area contributed by atoms with Crippen LogP contribution in [0.2, 0.25) is 0 Å². The molecule has 0 aliphatic carbocycles. The third-order valence-corrected chi connectivity index (χ3v) is 3.89. The van der Waals surface area contributed by atoms with Crippen LogP contribution < -0.4 is 5.32 Å². The van der Waals surface area contributed by atoms with Gasteiger partial charge >= 0.3 is 0 Å². The molecule has 0 unspecified atom stereocenters. The van der Waals surface area contributed by atoms with Gasteiger partial charge in [0.25, 0.3) is 0 Å². The molecule has 0 bridgehead atoms. The molecule has 1 N–H and O–H groups in total. The molecule has 1 amide bonds. The van der Waals surface area contributed by atoms with Crippen molar-refractivity contribution >= 4 is 21.6 Å². The number of benzene rings is 1. The van der Waals surface area contributed by atoms with Crippen molar-refractivity contribution in [2.24, 2.45) is 0 Å². The molecular formula is C13H20N2O3S. The molecule has 0 heterocycles. The second kappa shape index (κ2) is 7.25. The molecule has 1 aromatic carbocycles. The lowest BCUT2D eigenvalue weighted by atomic mass is 10.3. The first-order valence-corrected chi connectivity index (χ1v) is 8.08. The van der Waals surface area contributed by atoms with Gasteiger partial charge in [-0.25, -0.2) is 12.7 Å². The molecule has 0 atom stereocenters. The zero-order valence-electron chi connectivity index (χ0n) is 11.3. The highest BCUT2D eigenvalue weighted by molar-refractivity contribution is 7.88. The van der Waals surface area contributed by atoms with Crippen LogP contribution in [-0.4, -0.2) is 38.0 Å². The first kappa shape index (κ1) is 15.7. The van der Waals surface area contributed by atoms with Gasteiger partial charge in [-0.05, 0) is 18.6 Å². The van der Waals surface area contributed by atoms with Crippen molar-refractivity contribution in [2.75, 3.05) is 24.7 Å². The Balaban J connectivity index is 2.49. The van der Waals surface area contributed by atoms with Gasteiger partial charge in [0.2, 0.25) is 15.9 Å². The molecule has 1 rings (SSSR count). The van der Waals surface area contributed by atoms with E-state index in [1.54, 1.807) is 12.1 Å². The first-order chi connectivity index (χ1) is 8.93. The molecule has 0 fully saturated rings. The number of para-hydroxylation sites is 1. The van der Waals surface area contributed by atoms with E-state index in [9.17, 15) is 13.2 Å². The Morgan fingerprint density at radius 1 is 1.21 bits per heavy atom. The monoisotopic (exact) mass is 284 g/mol. The number of amides is 1. The second-order valence-electron chi connectivity index (χ2n) is 4.33. The van der Waals surface area contributed by atoms with E-state index in [2.05, 4.69) is 5.32 Å². The summed E-state index contributed by atoms with van der Waals surface area (Å²) in [4.78, 5) is 11.7. The van der Waals surface area contributed by atoms with E-state index in [4.69, 9.17) is 0 Å². The Labute approximate surface area is 114 Å². The molecule has 0 aromatic heterocycles. The summed E-state index contributed by atoms with van der Waals surface area (Å²) in [5, 5.41) is 2.73. The number of rotatable bonds is 7. The Kier molecular flexibility index (Phi) is 5.98. The Bertz CT molecular complexity index is 500. The minimum absolute atomic E-state index is 0.155. The maximum atomic E-state index is 11.7. The van der Waals surface area contributed by atoms with Crippen LogP contribution in [-0.2, 0) is 14.8 Å². The van der Waals surface area contributed by atoms with Crippen molar-refractivity contribution < 1.29 is 13.2 Å². The van der Waals surface area contributed by atoms with Crippen LogP contribution >= 0.6 is 0 Å². The minimum Gasteiger partial charge on any atom is -0.326 e. The maximum absolute atomic E-state index is 11.7. The van der Waals surface area contributed by atoms with Crippen molar-refractivity contribution in [1.29, 1.82) is 0 Å². The molecule has 0 aliphatic heterocycles. The lowest BCUT2D eigenvalue weighted by Crippen LogP contribution is -2.33. The summed E-state index contributed by atoms with van der Waals surface area (Å²) in [5.41, 5.74) is 0.717. The standard InChI is InChI=1S/C13H20N2O3S/c1-3-10-15(19(2,17)18)11-9-13(16)14-12-7-5-4-6-8-12/h4-8H,3,9-11H2,1-2H3,(H,14,16). The summed E-state index contributed by atoms with van der Waals surface area (Å²) < 4.78 is 24.3. The van der Waals surface area contributed by atoms with Crippen molar-refractivity contribution in [1.82, 2.24) is 4.31 Å². The van der Waals surface area contributed by atoms with E-state index in [1.807, 2.05) is 25.1 Å². The van der Waals surface area contributed by atoms with Crippen molar-refractivity contribution in [3.05, 3.63) is 30.3 Å². The normalized spacial score (nSPS) is 11.5. The molecule has 5 nitrogen and oxygen atoms in total. The number of nitrogens with zero attached hydrogens (tertiary/aromatic N) is 1. The molecule has 1 aromatic rings. The van der Waals surface area contributed by atoms with E-state index >= 15 is 0 Å². The molecule has 106 valence electrons. The van der Waals surface area contributed by atoms with Crippen LogP contribution in [0.4, 0.5) is 5.69 Å². The summed E-state index contributed by atoms with van der Waals surface area (Å²) in [6, 6.07) is 9.10. The van der Waals surface area contributed by atoms with Crippen LogP contribution in [0, 0.1) is 0 Å². The van der Waals surface area contributed by atoms with Gasteiger partial charge in [0.1, 0.15) is 0 Å². The number of nitrogens with one attached hydrogen (secondary N) is 1. The van der Waals surface area contributed by atoms with Gasteiger partial charge in [-0.3, -0.25) is 4.79 Å². The Morgan fingerprint density at radius 3 is 2.37 bits per heavy atom. The van der Waals surface area contributed by atoms with E-state index < -0.39 is 10.0 Å². The van der Waals surface area contributed by atoms with Crippen molar-refractivity contribution in [3.63, 3.8) is 0 Å². The molecule has 0 radical (unpaired) electrons. The Morgan fingerprint density at radius 2 is 1.84 bits per heavy atom. The average molecular weight is 284 g/mol. The lowest BCUT2D eigenvalue weighted by molar-refractivity contribution is -0.116.